The Morgan fingerprint density at radius 2 is 0.987 bits per heavy atom. The van der Waals surface area contributed by atoms with Crippen LogP contribution >= 0.6 is 0 Å². The number of fused-ring (bicyclic) bond motifs is 2. The average molecular weight is 1090 g/mol. The first kappa shape index (κ1) is 54.9. The van der Waals surface area contributed by atoms with Crippen LogP contribution in [-0.2, 0) is 4.79 Å². The molecule has 392 valence electrons. The van der Waals surface area contributed by atoms with Gasteiger partial charge in [0.2, 0.25) is 0 Å². The molecule has 4 aliphatic heterocycles. The van der Waals surface area contributed by atoms with E-state index in [2.05, 4.69) is 83.8 Å². The lowest BCUT2D eigenvalue weighted by atomic mass is 9.80. The molecule has 0 spiro atoms. The summed E-state index contributed by atoms with van der Waals surface area (Å²) in [4.78, 5) is 66.1. The van der Waals surface area contributed by atoms with Gasteiger partial charge in [0.05, 0.1) is 42.4 Å². The van der Waals surface area contributed by atoms with Crippen LogP contribution in [0.4, 0.5) is 22.7 Å². The number of nitrogens with zero attached hydrogens (tertiary/aromatic N) is 6. The maximum atomic E-state index is 13.5. The first-order valence-corrected chi connectivity index (χ1v) is 26.3. The maximum Gasteiger partial charge on any atom is 0.269 e. The van der Waals surface area contributed by atoms with Gasteiger partial charge in [-0.25, -0.2) is 0 Å². The number of Topliss-reactive ketones (excluding diaryl/α,β-unsaturated/α-hetero) is 1. The Morgan fingerprint density at radius 1 is 0.566 bits per heavy atom. The van der Waals surface area contributed by atoms with Crippen LogP contribution < -0.4 is 26.8 Å². The fraction of sp³-hybridized carbons (Fsp3) is 0.306. The van der Waals surface area contributed by atoms with E-state index in [0.717, 1.165) is 87.4 Å². The fourth-order valence-corrected chi connectivity index (χ4v) is 11.7. The predicted molar refractivity (Wildman–Crippen MR) is 296 cm³/mol. The molecule has 13 nitrogen and oxygen atoms in total. The number of piperidine rings is 2. The van der Waals surface area contributed by atoms with Crippen LogP contribution in [0, 0.1) is 32.1 Å². The van der Waals surface area contributed by atoms with Gasteiger partial charge in [0, 0.05) is 91.1 Å². The molecule has 76 heavy (non-hydrogen) atoms. The number of rotatable bonds is 15. The summed E-state index contributed by atoms with van der Waals surface area (Å²) in [5, 5.41) is 22.0. The van der Waals surface area contributed by atoms with Gasteiger partial charge in [-0.1, -0.05) is 115 Å². The lowest BCUT2D eigenvalue weighted by molar-refractivity contribution is -0.927. The summed E-state index contributed by atoms with van der Waals surface area (Å²) in [6, 6.07) is 48.8. The molecule has 0 aromatic heterocycles. The van der Waals surface area contributed by atoms with Gasteiger partial charge >= 0.3 is 0 Å². The molecule has 0 saturated carbocycles. The number of anilines is 2. The van der Waals surface area contributed by atoms with Gasteiger partial charge in [0.15, 0.2) is 0 Å². The standard InChI is InChI=1S/C33H36N3O4.C29H29N3O3.BrH/c1-25(37)17-21-36(20-7-10-26-8-3-2-4-9-26)22-18-27(19-23-36)31-24-34(32-12-6-5-11-30(31)32)33(38)28-13-15-29(16-14-28)35(39)40;33-29(24-12-14-25(15-13-24)32(34)35)31-21-27(26-10-4-5-11-28(26)31)23-16-19-30(20-17-23)18-6-9-22-7-2-1-3-8-22;/h2-16,27,31H,17-24H2,1H3;1-15,23,27H,16-21H2;1H/q+1;;/p-1/b10-7+;9-6+;. The minimum absolute atomic E-state index is 0. The monoisotopic (exact) mass is 1080 g/mol. The maximum absolute atomic E-state index is 13.5. The number of ketones is 1. The Balaban J connectivity index is 0.000000200. The van der Waals surface area contributed by atoms with Crippen LogP contribution in [-0.4, -0.2) is 95.7 Å². The number of hydrogen-bond acceptors (Lipinski definition) is 8. The van der Waals surface area contributed by atoms with E-state index in [9.17, 15) is 34.6 Å². The zero-order chi connectivity index (χ0) is 52.3. The molecule has 2 saturated heterocycles. The summed E-state index contributed by atoms with van der Waals surface area (Å²) in [5.41, 5.74) is 7.65. The summed E-state index contributed by atoms with van der Waals surface area (Å²) < 4.78 is 0.916. The first-order chi connectivity index (χ1) is 36.4. The highest BCUT2D eigenvalue weighted by Gasteiger charge is 2.42. The minimum atomic E-state index is -0.453. The van der Waals surface area contributed by atoms with E-state index in [4.69, 9.17) is 0 Å². The van der Waals surface area contributed by atoms with Gasteiger partial charge in [0.1, 0.15) is 5.78 Å². The number of non-ortho nitro benzene ring substituents is 2. The third-order valence-corrected chi connectivity index (χ3v) is 15.9. The van der Waals surface area contributed by atoms with Crippen molar-refractivity contribution in [2.45, 2.75) is 50.9 Å². The Bertz CT molecular complexity index is 3030. The van der Waals surface area contributed by atoms with E-state index in [1.54, 1.807) is 31.2 Å². The van der Waals surface area contributed by atoms with Crippen molar-refractivity contribution in [3.05, 3.63) is 223 Å². The van der Waals surface area contributed by atoms with Gasteiger partial charge < -0.3 is 31.3 Å². The van der Waals surface area contributed by atoms with Crippen molar-refractivity contribution in [3.8, 4) is 0 Å². The number of halogens is 1. The van der Waals surface area contributed by atoms with Crippen LogP contribution in [0.2, 0.25) is 0 Å². The smallest absolute Gasteiger partial charge is 0.269 e. The third kappa shape index (κ3) is 13.2. The molecule has 2 amide bonds. The lowest BCUT2D eigenvalue weighted by Crippen LogP contribution is -3.00. The Kier molecular flexibility index (Phi) is 18.4. The highest BCUT2D eigenvalue weighted by molar-refractivity contribution is 6.08. The number of likely N-dealkylation sites (tertiary alicyclic amines) is 2. The molecule has 4 heterocycles. The van der Waals surface area contributed by atoms with E-state index < -0.39 is 9.85 Å². The summed E-state index contributed by atoms with van der Waals surface area (Å²) in [6.07, 6.45) is 13.7. The molecule has 10 rings (SSSR count). The predicted octanol–water partition coefficient (Wildman–Crippen LogP) is 9.03. The Morgan fingerprint density at radius 3 is 1.43 bits per heavy atom. The van der Waals surface area contributed by atoms with Gasteiger partial charge in [0.25, 0.3) is 23.2 Å². The van der Waals surface area contributed by atoms with Crippen molar-refractivity contribution in [2.24, 2.45) is 11.8 Å². The van der Waals surface area contributed by atoms with Crippen LogP contribution in [0.15, 0.2) is 170 Å². The molecular weight excluding hydrogens is 1020 g/mol. The quantitative estimate of drug-likeness (QED) is 0.0563. The van der Waals surface area contributed by atoms with Crippen molar-refractivity contribution < 1.29 is 45.7 Å². The zero-order valence-electron chi connectivity index (χ0n) is 42.9. The average Bonchev–Trinajstić information content (AvgIpc) is 4.05. The normalized spacial score (nSPS) is 20.3. The second kappa shape index (κ2) is 25.4. The van der Waals surface area contributed by atoms with Crippen LogP contribution in [0.25, 0.3) is 12.2 Å². The molecule has 6 aromatic rings. The van der Waals surface area contributed by atoms with Crippen LogP contribution in [0.1, 0.15) is 93.8 Å². The van der Waals surface area contributed by atoms with Crippen molar-refractivity contribution >= 4 is 52.5 Å². The van der Waals surface area contributed by atoms with E-state index in [-0.39, 0.29) is 51.9 Å². The van der Waals surface area contributed by atoms with Crippen molar-refractivity contribution in [1.29, 1.82) is 0 Å². The van der Waals surface area contributed by atoms with Crippen molar-refractivity contribution in [3.63, 3.8) is 0 Å². The van der Waals surface area contributed by atoms with E-state index in [1.807, 2.05) is 64.4 Å². The SMILES string of the molecule is CC(=O)CC[N+]1(C/C=C/c2ccccc2)CCC(C2CN(C(=O)c3ccc([N+](=O)[O-])cc3)c3ccccc32)CC1.O=C(c1ccc([N+](=O)[O-])cc1)N1CC(C2CCN(C/C=C/c3ccccc3)CC2)c2ccccc21.[Br-]. The molecule has 2 fully saturated rings. The minimum Gasteiger partial charge on any atom is -1.00 e. The summed E-state index contributed by atoms with van der Waals surface area (Å²) in [5.74, 6) is 1.54. The topological polar surface area (TPSA) is 147 Å². The second-order valence-corrected chi connectivity index (χ2v) is 20.5. The summed E-state index contributed by atoms with van der Waals surface area (Å²) in [6.45, 7) is 9.78. The van der Waals surface area contributed by atoms with Crippen LogP contribution in [0.3, 0.4) is 0 Å². The highest BCUT2D eigenvalue weighted by atomic mass is 79.9. The first-order valence-electron chi connectivity index (χ1n) is 26.3. The number of para-hydroxylation sites is 2. The fourth-order valence-electron chi connectivity index (χ4n) is 11.7. The number of amides is 2. The number of nitro benzene ring substituents is 2. The molecule has 0 radical (unpaired) electrons. The van der Waals surface area contributed by atoms with E-state index in [0.29, 0.717) is 48.4 Å². The highest BCUT2D eigenvalue weighted by Crippen LogP contribution is 2.46. The summed E-state index contributed by atoms with van der Waals surface area (Å²) >= 11 is 0. The van der Waals surface area contributed by atoms with E-state index >= 15 is 0 Å². The Labute approximate surface area is 455 Å². The van der Waals surface area contributed by atoms with Crippen LogP contribution in [0.5, 0.6) is 0 Å². The lowest BCUT2D eigenvalue weighted by Gasteiger charge is -2.44. The Hall–Kier alpha value is -7.39. The van der Waals surface area contributed by atoms with Gasteiger partial charge in [-0.05, 0) is 109 Å². The van der Waals surface area contributed by atoms with Gasteiger partial charge in [-0.15, -0.1) is 0 Å². The largest absolute Gasteiger partial charge is 1.00 e. The molecule has 2 atom stereocenters. The number of carbonyl (C=O) groups is 3. The molecule has 2 unspecified atom stereocenters. The second-order valence-electron chi connectivity index (χ2n) is 20.5. The number of nitro groups is 2. The molecule has 4 aliphatic rings. The zero-order valence-corrected chi connectivity index (χ0v) is 44.5. The number of quaternary nitrogens is 1. The number of hydrogen-bond donors (Lipinski definition) is 0. The molecule has 0 bridgehead atoms. The molecule has 0 N–H and O–H groups in total. The number of benzene rings is 6. The summed E-state index contributed by atoms with van der Waals surface area (Å²) in [7, 11) is 0. The van der Waals surface area contributed by atoms with Crippen molar-refractivity contribution in [1.82, 2.24) is 4.90 Å². The molecule has 0 aliphatic carbocycles. The van der Waals surface area contributed by atoms with Gasteiger partial charge in [-0.3, -0.25) is 39.5 Å². The molecule has 6 aromatic carbocycles. The molecule has 14 heteroatoms. The van der Waals surface area contributed by atoms with E-state index in [1.165, 1.54) is 46.5 Å². The van der Waals surface area contributed by atoms with Gasteiger partial charge in [-0.2, -0.15) is 0 Å². The third-order valence-electron chi connectivity index (χ3n) is 15.9. The number of carbonyl (C=O) groups excluding carboxylic acids is 3. The molecular formula is C62H65BrN6O7. The van der Waals surface area contributed by atoms with Crippen molar-refractivity contribution in [2.75, 3.05) is 68.7 Å².